The van der Waals surface area contributed by atoms with Crippen molar-refractivity contribution in [1.29, 1.82) is 0 Å². The van der Waals surface area contributed by atoms with Crippen LogP contribution in [0, 0.1) is 0 Å². The van der Waals surface area contributed by atoms with Crippen LogP contribution in [-0.4, -0.2) is 19.6 Å². The minimum atomic E-state index is 0.367. The average molecular weight is 321 g/mol. The summed E-state index contributed by atoms with van der Waals surface area (Å²) >= 11 is 1.68. The third-order valence-electron chi connectivity index (χ3n) is 2.91. The molecule has 1 unspecified atom stereocenters. The molecule has 5 heteroatoms. The molecular formula is C17H27N3OS. The van der Waals surface area contributed by atoms with Crippen LogP contribution in [0.15, 0.2) is 48.4 Å². The predicted molar refractivity (Wildman–Crippen MR) is 96.6 cm³/mol. The molecular weight excluding hydrogens is 294 g/mol. The summed E-state index contributed by atoms with van der Waals surface area (Å²) in [5, 5.41) is 3.27. The molecule has 0 spiro atoms. The van der Waals surface area contributed by atoms with Gasteiger partial charge < -0.3 is 15.8 Å². The Morgan fingerprint density at radius 2 is 1.95 bits per heavy atom. The molecule has 22 heavy (non-hydrogen) atoms. The lowest BCUT2D eigenvalue weighted by molar-refractivity contribution is 0.431. The molecule has 0 bridgehead atoms. The molecule has 0 saturated heterocycles. The second-order valence-electron chi connectivity index (χ2n) is 4.73. The second-order valence-corrected chi connectivity index (χ2v) is 5.72. The maximum absolute atomic E-state index is 5.86. The fraction of sp³-hybridized carbons (Fsp3) is 0.412. The van der Waals surface area contributed by atoms with Gasteiger partial charge in [-0.1, -0.05) is 37.9 Å². The number of hydrogen-bond donors (Lipinski definition) is 3. The van der Waals surface area contributed by atoms with Gasteiger partial charge in [-0.3, -0.25) is 4.72 Å². The monoisotopic (exact) mass is 321 g/mol. The summed E-state index contributed by atoms with van der Waals surface area (Å²) in [6, 6.07) is 8.60. The Kier molecular flexibility index (Phi) is 9.46. The molecule has 4 nitrogen and oxygen atoms in total. The van der Waals surface area contributed by atoms with E-state index in [0.29, 0.717) is 6.04 Å². The molecule has 1 aliphatic rings. The van der Waals surface area contributed by atoms with E-state index in [0.717, 1.165) is 30.2 Å². The van der Waals surface area contributed by atoms with Crippen molar-refractivity contribution in [1.82, 2.24) is 10.0 Å². The highest BCUT2D eigenvalue weighted by molar-refractivity contribution is 7.96. The van der Waals surface area contributed by atoms with Crippen molar-refractivity contribution in [3.63, 3.8) is 0 Å². The largest absolute Gasteiger partial charge is 0.458 e. The van der Waals surface area contributed by atoms with Crippen molar-refractivity contribution in [2.75, 3.05) is 13.6 Å². The third-order valence-corrected chi connectivity index (χ3v) is 3.67. The van der Waals surface area contributed by atoms with E-state index in [-0.39, 0.29) is 0 Å². The van der Waals surface area contributed by atoms with Crippen LogP contribution in [0.4, 0.5) is 0 Å². The van der Waals surface area contributed by atoms with Crippen LogP contribution in [-0.2, 0) is 5.75 Å². The Hall–Kier alpha value is -1.43. The van der Waals surface area contributed by atoms with Crippen LogP contribution in [0.3, 0.4) is 0 Å². The molecule has 0 aliphatic carbocycles. The van der Waals surface area contributed by atoms with Gasteiger partial charge in [0.25, 0.3) is 0 Å². The topological polar surface area (TPSA) is 59.3 Å². The summed E-state index contributed by atoms with van der Waals surface area (Å²) in [6.45, 7) is 4.80. The molecule has 1 aromatic carbocycles. The molecule has 0 fully saturated rings. The predicted octanol–water partition coefficient (Wildman–Crippen LogP) is 3.18. The molecule has 1 heterocycles. The van der Waals surface area contributed by atoms with Crippen LogP contribution in [0.2, 0.25) is 0 Å². The van der Waals surface area contributed by atoms with Crippen molar-refractivity contribution in [3.05, 3.63) is 53.9 Å². The van der Waals surface area contributed by atoms with Gasteiger partial charge in [0.15, 0.2) is 0 Å². The van der Waals surface area contributed by atoms with Crippen LogP contribution >= 0.6 is 11.9 Å². The fourth-order valence-electron chi connectivity index (χ4n) is 1.80. The van der Waals surface area contributed by atoms with Gasteiger partial charge in [0, 0.05) is 18.0 Å². The zero-order chi connectivity index (χ0) is 16.2. The minimum Gasteiger partial charge on any atom is -0.458 e. The van der Waals surface area contributed by atoms with E-state index in [1.807, 2.05) is 38.4 Å². The lowest BCUT2D eigenvalue weighted by Crippen LogP contribution is -2.24. The quantitative estimate of drug-likeness (QED) is 0.703. The number of nitrogens with one attached hydrogen (secondary N) is 2. The standard InChI is InChI=1S/C15H20N2OS.C2H7N/c1-3-13-10-15(8-9-17-13)18-14-6-4-12(5-7-14)11-19-16-2;1-2-3/h4-10,13,16-17H,3,11H2,1-2H3;2-3H2,1H3. The first-order valence-corrected chi connectivity index (χ1v) is 8.61. The summed E-state index contributed by atoms with van der Waals surface area (Å²) < 4.78 is 8.93. The first-order valence-electron chi connectivity index (χ1n) is 7.63. The van der Waals surface area contributed by atoms with Crippen molar-refractivity contribution in [3.8, 4) is 5.75 Å². The SMILES string of the molecule is CCC1C=C(Oc2ccc(CSNC)cc2)C=CN1.CCN. The van der Waals surface area contributed by atoms with Gasteiger partial charge in [-0.15, -0.1) is 0 Å². The Morgan fingerprint density at radius 3 is 2.55 bits per heavy atom. The average Bonchev–Trinajstić information content (AvgIpc) is 2.55. The normalized spacial score (nSPS) is 16.2. The first-order chi connectivity index (χ1) is 10.7. The minimum absolute atomic E-state index is 0.367. The number of hydrogen-bond acceptors (Lipinski definition) is 5. The Labute approximate surface area is 138 Å². The van der Waals surface area contributed by atoms with E-state index in [1.54, 1.807) is 11.9 Å². The van der Waals surface area contributed by atoms with Gasteiger partial charge in [-0.25, -0.2) is 0 Å². The van der Waals surface area contributed by atoms with Gasteiger partial charge in [-0.2, -0.15) is 0 Å². The lowest BCUT2D eigenvalue weighted by Gasteiger charge is -2.17. The Morgan fingerprint density at radius 1 is 1.27 bits per heavy atom. The number of ether oxygens (including phenoxy) is 1. The zero-order valence-corrected chi connectivity index (χ0v) is 14.5. The van der Waals surface area contributed by atoms with E-state index in [9.17, 15) is 0 Å². The number of benzene rings is 1. The first kappa shape index (κ1) is 18.6. The molecule has 1 aliphatic heterocycles. The maximum Gasteiger partial charge on any atom is 0.127 e. The summed E-state index contributed by atoms with van der Waals surface area (Å²) in [4.78, 5) is 0. The number of nitrogens with two attached hydrogens (primary N) is 1. The summed E-state index contributed by atoms with van der Waals surface area (Å²) in [6.07, 6.45) is 7.07. The highest BCUT2D eigenvalue weighted by Crippen LogP contribution is 2.19. The highest BCUT2D eigenvalue weighted by atomic mass is 32.2. The van der Waals surface area contributed by atoms with E-state index >= 15 is 0 Å². The molecule has 2 rings (SSSR count). The van der Waals surface area contributed by atoms with Gasteiger partial charge in [0.05, 0.1) is 0 Å². The Bertz CT molecular complexity index is 471. The van der Waals surface area contributed by atoms with E-state index in [1.165, 1.54) is 5.56 Å². The maximum atomic E-state index is 5.86. The van der Waals surface area contributed by atoms with E-state index in [2.05, 4.69) is 35.2 Å². The molecule has 1 atom stereocenters. The van der Waals surface area contributed by atoms with Gasteiger partial charge in [-0.05, 0) is 49.9 Å². The molecule has 0 amide bonds. The van der Waals surface area contributed by atoms with Crippen molar-refractivity contribution in [2.24, 2.45) is 5.73 Å². The molecule has 0 radical (unpaired) electrons. The summed E-state index contributed by atoms with van der Waals surface area (Å²) in [5.41, 5.74) is 6.13. The highest BCUT2D eigenvalue weighted by Gasteiger charge is 2.07. The second kappa shape index (κ2) is 11.2. The summed E-state index contributed by atoms with van der Waals surface area (Å²) in [5.74, 6) is 2.75. The van der Waals surface area contributed by atoms with Crippen LogP contribution in [0.25, 0.3) is 0 Å². The smallest absolute Gasteiger partial charge is 0.127 e. The molecule has 0 aromatic heterocycles. The fourth-order valence-corrected chi connectivity index (χ4v) is 2.31. The molecule has 0 saturated carbocycles. The molecule has 1 aromatic rings. The molecule has 122 valence electrons. The van der Waals surface area contributed by atoms with Gasteiger partial charge in [0.2, 0.25) is 0 Å². The van der Waals surface area contributed by atoms with Crippen molar-refractivity contribution < 1.29 is 4.74 Å². The number of dihydropyridines is 1. The Balaban J connectivity index is 0.000000745. The van der Waals surface area contributed by atoms with E-state index in [4.69, 9.17) is 10.5 Å². The third kappa shape index (κ3) is 7.02. The van der Waals surface area contributed by atoms with Crippen LogP contribution in [0.1, 0.15) is 25.8 Å². The van der Waals surface area contributed by atoms with Gasteiger partial charge >= 0.3 is 0 Å². The van der Waals surface area contributed by atoms with Gasteiger partial charge in [0.1, 0.15) is 11.5 Å². The zero-order valence-electron chi connectivity index (χ0n) is 13.6. The lowest BCUT2D eigenvalue weighted by atomic mass is 10.1. The number of allylic oxidation sites excluding steroid dienone is 1. The molecule has 4 N–H and O–H groups in total. The summed E-state index contributed by atoms with van der Waals surface area (Å²) in [7, 11) is 1.93. The number of rotatable bonds is 6. The van der Waals surface area contributed by atoms with Crippen molar-refractivity contribution >= 4 is 11.9 Å². The van der Waals surface area contributed by atoms with E-state index < -0.39 is 0 Å². The van der Waals surface area contributed by atoms with Crippen LogP contribution in [0.5, 0.6) is 5.75 Å². The van der Waals surface area contributed by atoms with Crippen LogP contribution < -0.4 is 20.5 Å². The van der Waals surface area contributed by atoms with Crippen molar-refractivity contribution in [2.45, 2.75) is 32.1 Å².